The van der Waals surface area contributed by atoms with E-state index < -0.39 is 0 Å². The number of rotatable bonds is 2. The molecule has 0 heterocycles. The van der Waals surface area contributed by atoms with Crippen LogP contribution in [0.25, 0.3) is 0 Å². The van der Waals surface area contributed by atoms with Crippen LogP contribution in [0.3, 0.4) is 0 Å². The normalized spacial score (nSPS) is 10.5. The van der Waals surface area contributed by atoms with Gasteiger partial charge in [-0.1, -0.05) is 12.1 Å². The summed E-state index contributed by atoms with van der Waals surface area (Å²) in [4.78, 5) is 0. The summed E-state index contributed by atoms with van der Waals surface area (Å²) in [6.45, 7) is 0.448. The molecule has 2 nitrogen and oxygen atoms in total. The topological polar surface area (TPSA) is 23.5 Å². The minimum absolute atomic E-state index is 0.240. The third-order valence-electron chi connectivity index (χ3n) is 1.24. The van der Waals surface area contributed by atoms with Crippen molar-refractivity contribution in [1.82, 2.24) is 3.94 Å². The Balaban J connectivity index is 2.66. The zero-order valence-electron chi connectivity index (χ0n) is 5.67. The molecule has 11 heavy (non-hydrogen) atoms. The highest BCUT2D eigenvalue weighted by atomic mass is 35.5. The second-order valence-electron chi connectivity index (χ2n) is 2.13. The number of hydrogen-bond donors (Lipinski definition) is 1. The van der Waals surface area contributed by atoms with Gasteiger partial charge in [0.2, 0.25) is 0 Å². The van der Waals surface area contributed by atoms with E-state index in [4.69, 9.17) is 28.7 Å². The maximum absolute atomic E-state index is 8.91. The Labute approximate surface area is 75.2 Å². The SMILES string of the molecule is Oc1ccc(CN(Cl)Cl)cc1. The van der Waals surface area contributed by atoms with Crippen molar-refractivity contribution in [2.24, 2.45) is 0 Å². The van der Waals surface area contributed by atoms with Crippen LogP contribution in [0, 0.1) is 0 Å². The standard InChI is InChI=1S/C7H7Cl2NO/c8-10(9)5-6-1-3-7(11)4-2-6/h1-4,11H,5H2. The van der Waals surface area contributed by atoms with Crippen molar-refractivity contribution < 1.29 is 5.11 Å². The highest BCUT2D eigenvalue weighted by Crippen LogP contribution is 2.13. The fourth-order valence-corrected chi connectivity index (χ4v) is 1.02. The lowest BCUT2D eigenvalue weighted by Crippen LogP contribution is -1.96. The molecule has 0 aliphatic rings. The van der Waals surface area contributed by atoms with Crippen molar-refractivity contribution >= 4 is 23.6 Å². The second-order valence-corrected chi connectivity index (χ2v) is 3.12. The van der Waals surface area contributed by atoms with Gasteiger partial charge in [0.25, 0.3) is 0 Å². The summed E-state index contributed by atoms with van der Waals surface area (Å²) >= 11 is 10.8. The van der Waals surface area contributed by atoms with E-state index in [1.54, 1.807) is 24.3 Å². The number of phenolic OH excluding ortho intramolecular Hbond substituents is 1. The molecule has 0 unspecified atom stereocenters. The number of aromatic hydroxyl groups is 1. The third-order valence-corrected chi connectivity index (χ3v) is 1.48. The summed E-state index contributed by atoms with van der Waals surface area (Å²) in [5.41, 5.74) is 0.952. The minimum atomic E-state index is 0.240. The van der Waals surface area contributed by atoms with Gasteiger partial charge in [-0.2, -0.15) is 0 Å². The van der Waals surface area contributed by atoms with Crippen molar-refractivity contribution in [2.75, 3.05) is 0 Å². The van der Waals surface area contributed by atoms with E-state index in [9.17, 15) is 0 Å². The van der Waals surface area contributed by atoms with Gasteiger partial charge in [-0.05, 0) is 41.2 Å². The lowest BCUT2D eigenvalue weighted by molar-refractivity contribution is 0.475. The first-order chi connectivity index (χ1) is 5.18. The van der Waals surface area contributed by atoms with Crippen LogP contribution in [0.4, 0.5) is 0 Å². The number of halogens is 2. The van der Waals surface area contributed by atoms with Gasteiger partial charge in [0, 0.05) is 0 Å². The fourth-order valence-electron chi connectivity index (χ4n) is 0.739. The molecule has 0 aliphatic heterocycles. The van der Waals surface area contributed by atoms with Gasteiger partial charge in [-0.15, -0.1) is 3.94 Å². The van der Waals surface area contributed by atoms with Crippen LogP contribution in [-0.2, 0) is 6.54 Å². The molecule has 0 aromatic heterocycles. The first-order valence-electron chi connectivity index (χ1n) is 3.05. The number of hydrogen-bond acceptors (Lipinski definition) is 2. The van der Waals surface area contributed by atoms with Crippen LogP contribution >= 0.6 is 23.6 Å². The summed E-state index contributed by atoms with van der Waals surface area (Å²) in [5.74, 6) is 0.240. The summed E-state index contributed by atoms with van der Waals surface area (Å²) in [5, 5.41) is 8.91. The monoisotopic (exact) mass is 191 g/mol. The molecular weight excluding hydrogens is 185 g/mol. The van der Waals surface area contributed by atoms with Crippen molar-refractivity contribution in [3.63, 3.8) is 0 Å². The van der Waals surface area contributed by atoms with Crippen LogP contribution in [0.1, 0.15) is 5.56 Å². The zero-order valence-corrected chi connectivity index (χ0v) is 7.18. The molecule has 0 bridgehead atoms. The summed E-state index contributed by atoms with van der Waals surface area (Å²) in [6, 6.07) is 6.69. The van der Waals surface area contributed by atoms with Gasteiger partial charge in [-0.25, -0.2) is 0 Å². The van der Waals surface area contributed by atoms with Gasteiger partial charge in [0.15, 0.2) is 0 Å². The van der Waals surface area contributed by atoms with E-state index in [-0.39, 0.29) is 5.75 Å². The number of benzene rings is 1. The molecule has 0 fully saturated rings. The van der Waals surface area contributed by atoms with Crippen LogP contribution < -0.4 is 0 Å². The van der Waals surface area contributed by atoms with E-state index in [0.717, 1.165) is 9.50 Å². The smallest absolute Gasteiger partial charge is 0.115 e. The largest absolute Gasteiger partial charge is 0.508 e. The molecule has 1 N–H and O–H groups in total. The molecule has 0 saturated carbocycles. The predicted octanol–water partition coefficient (Wildman–Crippen LogP) is 2.50. The Hall–Kier alpha value is -0.440. The van der Waals surface area contributed by atoms with E-state index >= 15 is 0 Å². The first-order valence-corrected chi connectivity index (χ1v) is 3.73. The quantitative estimate of drug-likeness (QED) is 0.727. The van der Waals surface area contributed by atoms with Crippen LogP contribution in [0.15, 0.2) is 24.3 Å². The maximum Gasteiger partial charge on any atom is 0.115 e. The molecule has 0 atom stereocenters. The predicted molar refractivity (Wildman–Crippen MR) is 45.4 cm³/mol. The highest BCUT2D eigenvalue weighted by Gasteiger charge is 1.97. The van der Waals surface area contributed by atoms with E-state index in [2.05, 4.69) is 0 Å². The van der Waals surface area contributed by atoms with Crippen LogP contribution in [-0.4, -0.2) is 9.04 Å². The van der Waals surface area contributed by atoms with E-state index in [1.807, 2.05) is 0 Å². The van der Waals surface area contributed by atoms with Gasteiger partial charge >= 0.3 is 0 Å². The molecule has 4 heteroatoms. The van der Waals surface area contributed by atoms with Crippen molar-refractivity contribution in [3.8, 4) is 5.75 Å². The molecule has 0 spiro atoms. The second kappa shape index (κ2) is 3.81. The fraction of sp³-hybridized carbons (Fsp3) is 0.143. The van der Waals surface area contributed by atoms with Crippen LogP contribution in [0.5, 0.6) is 5.75 Å². The average molecular weight is 192 g/mol. The van der Waals surface area contributed by atoms with Gasteiger partial charge in [-0.3, -0.25) is 0 Å². The Morgan fingerprint density at radius 2 is 1.73 bits per heavy atom. The summed E-state index contributed by atoms with van der Waals surface area (Å²) < 4.78 is 1.03. The third kappa shape index (κ3) is 2.97. The number of nitrogens with zero attached hydrogens (tertiary/aromatic N) is 1. The summed E-state index contributed by atoms with van der Waals surface area (Å²) in [6.07, 6.45) is 0. The molecule has 60 valence electrons. The average Bonchev–Trinajstić information content (AvgIpc) is 1.93. The Morgan fingerprint density at radius 3 is 2.18 bits per heavy atom. The van der Waals surface area contributed by atoms with Gasteiger partial charge in [0.1, 0.15) is 5.75 Å². The molecular formula is C7H7Cl2NO. The highest BCUT2D eigenvalue weighted by molar-refractivity contribution is 6.33. The Kier molecular flexibility index (Phi) is 3.00. The van der Waals surface area contributed by atoms with E-state index in [0.29, 0.717) is 6.54 Å². The maximum atomic E-state index is 8.91. The molecule has 0 saturated heterocycles. The van der Waals surface area contributed by atoms with Crippen molar-refractivity contribution in [2.45, 2.75) is 6.54 Å². The first kappa shape index (κ1) is 8.65. The lowest BCUT2D eigenvalue weighted by atomic mass is 10.2. The summed E-state index contributed by atoms with van der Waals surface area (Å²) in [7, 11) is 0. The lowest BCUT2D eigenvalue weighted by Gasteiger charge is -2.02. The zero-order chi connectivity index (χ0) is 8.27. The van der Waals surface area contributed by atoms with Gasteiger partial charge < -0.3 is 5.11 Å². The van der Waals surface area contributed by atoms with Crippen molar-refractivity contribution in [1.29, 1.82) is 0 Å². The molecule has 0 radical (unpaired) electrons. The molecule has 1 aromatic carbocycles. The van der Waals surface area contributed by atoms with E-state index in [1.165, 1.54) is 0 Å². The Bertz CT molecular complexity index is 222. The van der Waals surface area contributed by atoms with Crippen molar-refractivity contribution in [3.05, 3.63) is 29.8 Å². The molecule has 0 amide bonds. The molecule has 1 aromatic rings. The molecule has 0 aliphatic carbocycles. The number of phenols is 1. The van der Waals surface area contributed by atoms with Gasteiger partial charge in [0.05, 0.1) is 6.54 Å². The molecule has 1 rings (SSSR count). The Morgan fingerprint density at radius 1 is 1.18 bits per heavy atom. The minimum Gasteiger partial charge on any atom is -0.508 e. The van der Waals surface area contributed by atoms with Crippen LogP contribution in [0.2, 0.25) is 0 Å².